The highest BCUT2D eigenvalue weighted by Gasteiger charge is 2.16. The molecule has 1 aromatic rings. The largest absolute Gasteiger partial charge is 0.494 e. The third-order valence-corrected chi connectivity index (χ3v) is 2.21. The molecule has 0 aliphatic heterocycles. The lowest BCUT2D eigenvalue weighted by Gasteiger charge is -2.24. The number of nitrogens with zero attached hydrogens (tertiary/aromatic N) is 2. The summed E-state index contributed by atoms with van der Waals surface area (Å²) in [6, 6.07) is 8.65. The van der Waals surface area contributed by atoms with Crippen LogP contribution in [0.5, 0.6) is 5.75 Å². The van der Waals surface area contributed by atoms with Crippen LogP contribution in [-0.2, 0) is 4.79 Å². The number of methoxy groups -OCH3 is 1. The van der Waals surface area contributed by atoms with Gasteiger partial charge >= 0.3 is 0 Å². The third-order valence-electron chi connectivity index (χ3n) is 2.02. The summed E-state index contributed by atoms with van der Waals surface area (Å²) in [5, 5.41) is 9.59. The van der Waals surface area contributed by atoms with Gasteiger partial charge in [0, 0.05) is 0 Å². The summed E-state index contributed by atoms with van der Waals surface area (Å²) in [5.41, 5.74) is 8.47. The topological polar surface area (TPSA) is 91.4 Å². The molecule has 0 atom stereocenters. The Morgan fingerprint density at radius 2 is 2.28 bits per heavy atom. The maximum Gasteiger partial charge on any atom is 0.253 e. The zero-order valence-corrected chi connectivity index (χ0v) is 10.5. The van der Waals surface area contributed by atoms with E-state index < -0.39 is 5.91 Å². The lowest BCUT2D eigenvalue weighted by Crippen LogP contribution is -2.49. The van der Waals surface area contributed by atoms with E-state index in [2.05, 4.69) is 5.43 Å². The Morgan fingerprint density at radius 3 is 2.83 bits per heavy atom. The Bertz CT molecular complexity index is 498. The van der Waals surface area contributed by atoms with Crippen LogP contribution < -0.4 is 20.9 Å². The van der Waals surface area contributed by atoms with Crippen molar-refractivity contribution in [2.24, 2.45) is 5.73 Å². The summed E-state index contributed by atoms with van der Waals surface area (Å²) in [6.45, 7) is 0. The molecular weight excluding hydrogens is 252 g/mol. The van der Waals surface area contributed by atoms with Gasteiger partial charge in [-0.3, -0.25) is 10.2 Å². The quantitative estimate of drug-likeness (QED) is 0.616. The number of carbonyl (C=O) groups is 1. The number of ether oxygens (including phenoxy) is 1. The number of para-hydroxylation sites is 2. The lowest BCUT2D eigenvalue weighted by molar-refractivity contribution is -0.120. The first-order chi connectivity index (χ1) is 8.60. The summed E-state index contributed by atoms with van der Waals surface area (Å²) in [7, 11) is 1.49. The Kier molecular flexibility index (Phi) is 4.90. The molecule has 1 aromatic carbocycles. The monoisotopic (exact) mass is 264 g/mol. The molecular formula is C11H12N4O2S. The number of hydrogen-bond donors (Lipinski definition) is 2. The second-order valence-electron chi connectivity index (χ2n) is 3.22. The number of nitrogens with two attached hydrogens (primary N) is 1. The van der Waals surface area contributed by atoms with E-state index in [0.717, 1.165) is 0 Å². The van der Waals surface area contributed by atoms with Gasteiger partial charge in [-0.1, -0.05) is 12.1 Å². The molecule has 0 radical (unpaired) electrons. The molecule has 0 saturated carbocycles. The summed E-state index contributed by atoms with van der Waals surface area (Å²) in [6.07, 6.45) is -0.283. The number of thiocarbonyl (C=S) groups is 1. The number of nitriles is 1. The fraction of sp³-hybridized carbons (Fsp3) is 0.182. The number of amides is 1. The van der Waals surface area contributed by atoms with E-state index in [1.165, 1.54) is 12.1 Å². The molecule has 7 heteroatoms. The van der Waals surface area contributed by atoms with Crippen molar-refractivity contribution >= 4 is 28.9 Å². The van der Waals surface area contributed by atoms with Crippen LogP contribution in [0, 0.1) is 11.3 Å². The molecule has 18 heavy (non-hydrogen) atoms. The lowest BCUT2D eigenvalue weighted by atomic mass is 10.3. The molecule has 6 nitrogen and oxygen atoms in total. The van der Waals surface area contributed by atoms with E-state index in [-0.39, 0.29) is 11.5 Å². The van der Waals surface area contributed by atoms with Crippen molar-refractivity contribution in [3.8, 4) is 11.8 Å². The van der Waals surface area contributed by atoms with Crippen molar-refractivity contribution in [2.45, 2.75) is 6.42 Å². The molecule has 0 saturated heterocycles. The van der Waals surface area contributed by atoms with Gasteiger partial charge < -0.3 is 10.5 Å². The third kappa shape index (κ3) is 3.33. The minimum atomic E-state index is -0.504. The van der Waals surface area contributed by atoms with Gasteiger partial charge in [-0.15, -0.1) is 0 Å². The first-order valence-corrected chi connectivity index (χ1v) is 5.40. The van der Waals surface area contributed by atoms with E-state index >= 15 is 0 Å². The molecule has 94 valence electrons. The molecule has 0 spiro atoms. The SMILES string of the molecule is COc1ccccc1N(NC(=O)CC#N)C(N)=S. The molecule has 0 fully saturated rings. The van der Waals surface area contributed by atoms with Crippen LogP contribution in [0.1, 0.15) is 6.42 Å². The standard InChI is InChI=1S/C11H12N4O2S/c1-17-9-5-3-2-4-8(9)15(11(13)18)14-10(16)6-7-12/h2-5H,6H2,1H3,(H2,13,18)(H,14,16). The molecule has 0 unspecified atom stereocenters. The van der Waals surface area contributed by atoms with Gasteiger partial charge in [0.25, 0.3) is 5.91 Å². The summed E-state index contributed by atoms with van der Waals surface area (Å²) in [4.78, 5) is 11.4. The van der Waals surface area contributed by atoms with Gasteiger partial charge in [0.05, 0.1) is 13.2 Å². The van der Waals surface area contributed by atoms with Gasteiger partial charge in [-0.2, -0.15) is 5.26 Å². The van der Waals surface area contributed by atoms with E-state index in [9.17, 15) is 4.79 Å². The number of hydrazine groups is 1. The molecule has 1 amide bonds. The van der Waals surface area contributed by atoms with Crippen LogP contribution in [0.15, 0.2) is 24.3 Å². The van der Waals surface area contributed by atoms with Gasteiger partial charge in [-0.25, -0.2) is 5.01 Å². The van der Waals surface area contributed by atoms with Crippen LogP contribution in [0.3, 0.4) is 0 Å². The predicted octanol–water partition coefficient (Wildman–Crippen LogP) is 0.690. The highest BCUT2D eigenvalue weighted by Crippen LogP contribution is 2.26. The van der Waals surface area contributed by atoms with Gasteiger partial charge in [-0.05, 0) is 24.4 Å². The highest BCUT2D eigenvalue weighted by molar-refractivity contribution is 7.80. The number of hydrogen-bond acceptors (Lipinski definition) is 4. The number of rotatable bonds is 3. The number of carbonyl (C=O) groups excluding carboxylic acids is 1. The molecule has 0 heterocycles. The summed E-state index contributed by atoms with van der Waals surface area (Å²) in [5.74, 6) is -0.00114. The van der Waals surface area contributed by atoms with Crippen molar-refractivity contribution in [2.75, 3.05) is 12.1 Å². The van der Waals surface area contributed by atoms with E-state index in [1.54, 1.807) is 30.3 Å². The average molecular weight is 264 g/mol. The first kappa shape index (κ1) is 13.7. The van der Waals surface area contributed by atoms with Crippen LogP contribution in [0.25, 0.3) is 0 Å². The fourth-order valence-corrected chi connectivity index (χ4v) is 1.43. The minimum Gasteiger partial charge on any atom is -0.494 e. The predicted molar refractivity (Wildman–Crippen MR) is 70.6 cm³/mol. The molecule has 0 bridgehead atoms. The average Bonchev–Trinajstić information content (AvgIpc) is 2.36. The summed E-state index contributed by atoms with van der Waals surface area (Å²) < 4.78 is 5.14. The second kappa shape index (κ2) is 6.42. The summed E-state index contributed by atoms with van der Waals surface area (Å²) >= 11 is 4.86. The zero-order valence-electron chi connectivity index (χ0n) is 9.71. The number of benzene rings is 1. The molecule has 0 aromatic heterocycles. The number of nitrogens with one attached hydrogen (secondary N) is 1. The Labute approximate surface area is 110 Å². The van der Waals surface area contributed by atoms with Crippen molar-refractivity contribution in [1.29, 1.82) is 5.26 Å². The van der Waals surface area contributed by atoms with Gasteiger partial charge in [0.15, 0.2) is 5.11 Å². The van der Waals surface area contributed by atoms with E-state index in [0.29, 0.717) is 11.4 Å². The zero-order chi connectivity index (χ0) is 13.5. The molecule has 0 aliphatic rings. The normalized spacial score (nSPS) is 9.11. The van der Waals surface area contributed by atoms with Crippen molar-refractivity contribution < 1.29 is 9.53 Å². The van der Waals surface area contributed by atoms with Crippen molar-refractivity contribution in [3.05, 3.63) is 24.3 Å². The van der Waals surface area contributed by atoms with E-state index in [4.69, 9.17) is 28.0 Å². The highest BCUT2D eigenvalue weighted by atomic mass is 32.1. The van der Waals surface area contributed by atoms with Gasteiger partial charge in [0.1, 0.15) is 17.9 Å². The Hall–Kier alpha value is -2.33. The van der Waals surface area contributed by atoms with Crippen LogP contribution in [0.2, 0.25) is 0 Å². The smallest absolute Gasteiger partial charge is 0.253 e. The second-order valence-corrected chi connectivity index (χ2v) is 3.63. The van der Waals surface area contributed by atoms with Crippen molar-refractivity contribution in [1.82, 2.24) is 5.43 Å². The Balaban J connectivity index is 3.02. The van der Waals surface area contributed by atoms with Crippen LogP contribution >= 0.6 is 12.2 Å². The maximum atomic E-state index is 11.4. The molecule has 3 N–H and O–H groups in total. The maximum absolute atomic E-state index is 11.4. The van der Waals surface area contributed by atoms with E-state index in [1.807, 2.05) is 0 Å². The van der Waals surface area contributed by atoms with Crippen LogP contribution in [0.4, 0.5) is 5.69 Å². The molecule has 1 rings (SSSR count). The van der Waals surface area contributed by atoms with Gasteiger partial charge in [0.2, 0.25) is 0 Å². The first-order valence-electron chi connectivity index (χ1n) is 4.99. The minimum absolute atomic E-state index is 0.0502. The van der Waals surface area contributed by atoms with Crippen molar-refractivity contribution in [3.63, 3.8) is 0 Å². The Morgan fingerprint density at radius 1 is 1.61 bits per heavy atom. The number of anilines is 1. The van der Waals surface area contributed by atoms with Crippen LogP contribution in [-0.4, -0.2) is 18.1 Å². The fourth-order valence-electron chi connectivity index (χ4n) is 1.28. The molecule has 0 aliphatic carbocycles.